The summed E-state index contributed by atoms with van der Waals surface area (Å²) in [7, 11) is -3.70. The van der Waals surface area contributed by atoms with Gasteiger partial charge >= 0.3 is 22.2 Å². The van der Waals surface area contributed by atoms with Crippen LogP contribution in [-0.2, 0) is 37.4 Å². The highest BCUT2D eigenvalue weighted by molar-refractivity contribution is 7.86. The first kappa shape index (κ1) is 24.2. The maximum Gasteiger partial charge on any atom is 0.408 e. The molecule has 0 spiro atoms. The number of nitrogens with one attached hydrogen (secondary N) is 1. The molecular weight excluding hydrogens is 422 g/mol. The van der Waals surface area contributed by atoms with Crippen LogP contribution in [0.4, 0.5) is 4.79 Å². The molecule has 0 saturated heterocycles. The minimum Gasteiger partial charge on any atom is -0.458 e. The Kier molecular flexibility index (Phi) is 8.04. The average molecular weight is 450 g/mol. The van der Waals surface area contributed by atoms with Crippen molar-refractivity contribution in [1.82, 2.24) is 5.32 Å². The summed E-state index contributed by atoms with van der Waals surface area (Å²) in [4.78, 5) is 25.0. The number of esters is 1. The molecule has 0 radical (unpaired) electrons. The minimum atomic E-state index is -3.70. The van der Waals surface area contributed by atoms with Crippen molar-refractivity contribution in [3.63, 3.8) is 0 Å². The number of hydrogen-bond acceptors (Lipinski definition) is 7. The summed E-state index contributed by atoms with van der Waals surface area (Å²) in [5.41, 5.74) is 0.615. The van der Waals surface area contributed by atoms with Crippen molar-refractivity contribution < 1.29 is 31.7 Å². The van der Waals surface area contributed by atoms with Gasteiger partial charge in [-0.2, -0.15) is 8.42 Å². The molecule has 2 aromatic rings. The van der Waals surface area contributed by atoms with E-state index in [1.807, 2.05) is 30.3 Å². The lowest BCUT2D eigenvalue weighted by molar-refractivity contribution is -0.157. The molecule has 168 valence electrons. The van der Waals surface area contributed by atoms with Crippen LogP contribution in [0.2, 0.25) is 0 Å². The first-order chi connectivity index (χ1) is 14.4. The van der Waals surface area contributed by atoms with Crippen LogP contribution in [0.1, 0.15) is 31.9 Å². The molecule has 0 aliphatic heterocycles. The lowest BCUT2D eigenvalue weighted by atomic mass is 10.1. The number of alkyl carbamates (subject to hydrolysis) is 1. The Bertz CT molecular complexity index is 998. The third-order valence-corrected chi connectivity index (χ3v) is 4.28. The summed E-state index contributed by atoms with van der Waals surface area (Å²) in [5.74, 6) is -0.534. The molecule has 0 fully saturated rings. The zero-order valence-corrected chi connectivity index (χ0v) is 18.8. The molecular formula is C22H27NO7S. The number of carbonyl (C=O) groups is 2. The van der Waals surface area contributed by atoms with Crippen LogP contribution < -0.4 is 9.50 Å². The van der Waals surface area contributed by atoms with Crippen LogP contribution in [0.15, 0.2) is 54.6 Å². The first-order valence-electron chi connectivity index (χ1n) is 9.60. The third-order valence-electron chi connectivity index (χ3n) is 3.78. The van der Waals surface area contributed by atoms with Crippen LogP contribution in [-0.4, -0.2) is 38.4 Å². The van der Waals surface area contributed by atoms with Crippen LogP contribution in [0, 0.1) is 0 Å². The summed E-state index contributed by atoms with van der Waals surface area (Å²) in [6.07, 6.45) is 0.215. The van der Waals surface area contributed by atoms with E-state index >= 15 is 0 Å². The second-order valence-electron chi connectivity index (χ2n) is 7.93. The van der Waals surface area contributed by atoms with Crippen molar-refractivity contribution >= 4 is 22.2 Å². The molecule has 1 atom stereocenters. The van der Waals surface area contributed by atoms with E-state index in [2.05, 4.69) is 5.32 Å². The van der Waals surface area contributed by atoms with Gasteiger partial charge in [0, 0.05) is 6.42 Å². The largest absolute Gasteiger partial charge is 0.458 e. The molecule has 1 N–H and O–H groups in total. The second-order valence-corrected chi connectivity index (χ2v) is 9.51. The summed E-state index contributed by atoms with van der Waals surface area (Å²) in [6.45, 7) is 5.20. The quantitative estimate of drug-likeness (QED) is 0.487. The van der Waals surface area contributed by atoms with Gasteiger partial charge in [-0.15, -0.1) is 0 Å². The van der Waals surface area contributed by atoms with Crippen molar-refractivity contribution in [3.05, 3.63) is 65.7 Å². The second kappa shape index (κ2) is 10.3. The Hall–Kier alpha value is -3.07. The highest BCUT2D eigenvalue weighted by Crippen LogP contribution is 2.18. The molecule has 0 saturated carbocycles. The maximum absolute atomic E-state index is 12.7. The summed E-state index contributed by atoms with van der Waals surface area (Å²) in [5, 5.41) is 2.53. The summed E-state index contributed by atoms with van der Waals surface area (Å²) < 4.78 is 38.2. The van der Waals surface area contributed by atoms with Gasteiger partial charge < -0.3 is 19.0 Å². The molecule has 0 heterocycles. The molecule has 0 aromatic heterocycles. The number of amides is 1. The van der Waals surface area contributed by atoms with Gasteiger partial charge in [-0.05, 0) is 44.0 Å². The third kappa shape index (κ3) is 9.52. The van der Waals surface area contributed by atoms with Crippen LogP contribution >= 0.6 is 0 Å². The molecule has 0 aliphatic carbocycles. The summed E-state index contributed by atoms with van der Waals surface area (Å²) in [6, 6.07) is 14.3. The fourth-order valence-electron chi connectivity index (χ4n) is 2.61. The van der Waals surface area contributed by atoms with Gasteiger partial charge in [0.1, 0.15) is 24.0 Å². The van der Waals surface area contributed by atoms with E-state index in [0.717, 1.165) is 11.8 Å². The molecule has 31 heavy (non-hydrogen) atoms. The molecule has 8 nitrogen and oxygen atoms in total. The van der Waals surface area contributed by atoms with Crippen LogP contribution in [0.5, 0.6) is 5.75 Å². The highest BCUT2D eigenvalue weighted by Gasteiger charge is 2.27. The Morgan fingerprint density at radius 2 is 1.65 bits per heavy atom. The lowest BCUT2D eigenvalue weighted by Crippen LogP contribution is -2.45. The zero-order valence-electron chi connectivity index (χ0n) is 18.0. The molecule has 1 amide bonds. The highest BCUT2D eigenvalue weighted by atomic mass is 32.2. The van der Waals surface area contributed by atoms with E-state index in [1.165, 1.54) is 12.1 Å². The van der Waals surface area contributed by atoms with Gasteiger partial charge in [0.05, 0.1) is 6.26 Å². The number of hydrogen-bond donors (Lipinski definition) is 1. The summed E-state index contributed by atoms with van der Waals surface area (Å²) >= 11 is 0. The Morgan fingerprint density at radius 3 is 2.26 bits per heavy atom. The van der Waals surface area contributed by atoms with E-state index in [1.54, 1.807) is 32.9 Å². The predicted molar refractivity (Wildman–Crippen MR) is 115 cm³/mol. The van der Waals surface area contributed by atoms with E-state index in [4.69, 9.17) is 13.7 Å². The van der Waals surface area contributed by atoms with E-state index < -0.39 is 33.8 Å². The van der Waals surface area contributed by atoms with Gasteiger partial charge in [0.25, 0.3) is 0 Å². The molecule has 0 bridgehead atoms. The normalized spacial score (nSPS) is 12.5. The minimum absolute atomic E-state index is 0.0470. The Morgan fingerprint density at radius 1 is 1.00 bits per heavy atom. The molecule has 0 aliphatic rings. The number of benzene rings is 2. The Balaban J connectivity index is 2.12. The predicted octanol–water partition coefficient (Wildman–Crippen LogP) is 3.20. The van der Waals surface area contributed by atoms with Crippen molar-refractivity contribution in [1.29, 1.82) is 0 Å². The maximum atomic E-state index is 12.7. The van der Waals surface area contributed by atoms with E-state index in [-0.39, 0.29) is 18.8 Å². The van der Waals surface area contributed by atoms with E-state index in [0.29, 0.717) is 5.56 Å². The standard InChI is InChI=1S/C22H27NO7S/c1-22(2,3)29-20(24)19(23-21(25)28-15-16-9-6-5-7-10-16)14-17-11-8-12-18(13-17)30-31(4,26)27/h5-13,19H,14-15H2,1-4H3,(H,23,25)/t19-/m0/s1. The van der Waals surface area contributed by atoms with Gasteiger partial charge in [-0.3, -0.25) is 0 Å². The van der Waals surface area contributed by atoms with Crippen molar-refractivity contribution in [2.45, 2.75) is 45.4 Å². The van der Waals surface area contributed by atoms with Crippen molar-refractivity contribution in [2.24, 2.45) is 0 Å². The lowest BCUT2D eigenvalue weighted by Gasteiger charge is -2.24. The fourth-order valence-corrected chi connectivity index (χ4v) is 3.06. The van der Waals surface area contributed by atoms with Gasteiger partial charge in [-0.1, -0.05) is 42.5 Å². The number of carbonyl (C=O) groups excluding carboxylic acids is 2. The van der Waals surface area contributed by atoms with Gasteiger partial charge in [0.2, 0.25) is 0 Å². The smallest absolute Gasteiger partial charge is 0.408 e. The topological polar surface area (TPSA) is 108 Å². The monoisotopic (exact) mass is 449 g/mol. The number of rotatable bonds is 8. The molecule has 0 unspecified atom stereocenters. The average Bonchev–Trinajstić information content (AvgIpc) is 2.64. The van der Waals surface area contributed by atoms with Gasteiger partial charge in [0.15, 0.2) is 0 Å². The zero-order chi connectivity index (χ0) is 23.1. The van der Waals surface area contributed by atoms with Crippen molar-refractivity contribution in [2.75, 3.05) is 6.26 Å². The molecule has 2 rings (SSSR count). The Labute approximate surface area is 182 Å². The number of ether oxygens (including phenoxy) is 2. The van der Waals surface area contributed by atoms with E-state index in [9.17, 15) is 18.0 Å². The van der Waals surface area contributed by atoms with Crippen LogP contribution in [0.25, 0.3) is 0 Å². The fraction of sp³-hybridized carbons (Fsp3) is 0.364. The molecule has 2 aromatic carbocycles. The first-order valence-corrected chi connectivity index (χ1v) is 11.4. The van der Waals surface area contributed by atoms with Crippen molar-refractivity contribution in [3.8, 4) is 5.75 Å². The van der Waals surface area contributed by atoms with Crippen LogP contribution in [0.3, 0.4) is 0 Å². The molecule has 9 heteroatoms. The SMILES string of the molecule is CC(C)(C)OC(=O)[C@H](Cc1cccc(OS(C)(=O)=O)c1)NC(=O)OCc1ccccc1. The van der Waals surface area contributed by atoms with Gasteiger partial charge in [-0.25, -0.2) is 9.59 Å².